The van der Waals surface area contributed by atoms with Gasteiger partial charge in [-0.1, -0.05) is 17.7 Å². The SMILES string of the molecule is O=C(NCc1ccccn1)C1CCC(CNS(=O)(=O)c2ccc(Cl)cc2)CC1. The van der Waals surface area contributed by atoms with E-state index in [1.165, 1.54) is 12.1 Å². The van der Waals surface area contributed by atoms with Gasteiger partial charge in [0.15, 0.2) is 0 Å². The van der Waals surface area contributed by atoms with Crippen LogP contribution in [0.5, 0.6) is 0 Å². The molecule has 0 unspecified atom stereocenters. The Morgan fingerprint density at radius 1 is 1.07 bits per heavy atom. The number of hydrogen-bond donors (Lipinski definition) is 2. The number of hydrogen-bond acceptors (Lipinski definition) is 4. The molecule has 1 aromatic carbocycles. The monoisotopic (exact) mass is 421 g/mol. The van der Waals surface area contributed by atoms with Crippen molar-refractivity contribution in [3.05, 3.63) is 59.4 Å². The number of carbonyl (C=O) groups excluding carboxylic acids is 1. The Kier molecular flexibility index (Phi) is 7.04. The normalized spacial score (nSPS) is 19.9. The van der Waals surface area contributed by atoms with Crippen molar-refractivity contribution < 1.29 is 13.2 Å². The Balaban J connectivity index is 1.42. The molecule has 1 aromatic heterocycles. The van der Waals surface area contributed by atoms with Gasteiger partial charge in [0.2, 0.25) is 15.9 Å². The van der Waals surface area contributed by atoms with E-state index in [-0.39, 0.29) is 22.6 Å². The van der Waals surface area contributed by atoms with Crippen LogP contribution in [0.2, 0.25) is 5.02 Å². The predicted octanol–water partition coefficient (Wildman–Crippen LogP) is 3.14. The quantitative estimate of drug-likeness (QED) is 0.718. The van der Waals surface area contributed by atoms with Crippen LogP contribution in [0.25, 0.3) is 0 Å². The number of pyridine rings is 1. The van der Waals surface area contributed by atoms with Crippen LogP contribution >= 0.6 is 11.6 Å². The highest BCUT2D eigenvalue weighted by Gasteiger charge is 2.27. The molecule has 0 atom stereocenters. The van der Waals surface area contributed by atoms with Crippen molar-refractivity contribution in [2.75, 3.05) is 6.54 Å². The first-order valence-electron chi connectivity index (χ1n) is 9.37. The number of sulfonamides is 1. The lowest BCUT2D eigenvalue weighted by Crippen LogP contribution is -2.36. The second-order valence-corrected chi connectivity index (χ2v) is 9.27. The first-order chi connectivity index (χ1) is 13.4. The van der Waals surface area contributed by atoms with E-state index in [0.717, 1.165) is 31.4 Å². The highest BCUT2D eigenvalue weighted by Crippen LogP contribution is 2.29. The Morgan fingerprint density at radius 3 is 2.43 bits per heavy atom. The third-order valence-corrected chi connectivity index (χ3v) is 6.76. The Morgan fingerprint density at radius 2 is 1.79 bits per heavy atom. The van der Waals surface area contributed by atoms with Gasteiger partial charge in [0.05, 0.1) is 17.1 Å². The predicted molar refractivity (Wildman–Crippen MR) is 108 cm³/mol. The molecule has 0 bridgehead atoms. The third-order valence-electron chi connectivity index (χ3n) is 5.07. The lowest BCUT2D eigenvalue weighted by Gasteiger charge is -2.27. The number of rotatable bonds is 7. The summed E-state index contributed by atoms with van der Waals surface area (Å²) in [6.45, 7) is 0.813. The van der Waals surface area contributed by atoms with Gasteiger partial charge >= 0.3 is 0 Å². The van der Waals surface area contributed by atoms with E-state index in [0.29, 0.717) is 18.1 Å². The summed E-state index contributed by atoms with van der Waals surface area (Å²) >= 11 is 5.81. The van der Waals surface area contributed by atoms with Gasteiger partial charge < -0.3 is 5.32 Å². The lowest BCUT2D eigenvalue weighted by molar-refractivity contribution is -0.126. The second-order valence-electron chi connectivity index (χ2n) is 7.06. The van der Waals surface area contributed by atoms with Gasteiger partial charge in [0.25, 0.3) is 0 Å². The summed E-state index contributed by atoms with van der Waals surface area (Å²) in [4.78, 5) is 16.8. The summed E-state index contributed by atoms with van der Waals surface area (Å²) in [7, 11) is -3.54. The molecule has 8 heteroatoms. The van der Waals surface area contributed by atoms with Crippen molar-refractivity contribution in [1.82, 2.24) is 15.0 Å². The molecule has 1 heterocycles. The van der Waals surface area contributed by atoms with Crippen LogP contribution in [0.1, 0.15) is 31.4 Å². The second kappa shape index (κ2) is 9.49. The fourth-order valence-corrected chi connectivity index (χ4v) is 4.62. The summed E-state index contributed by atoms with van der Waals surface area (Å²) in [5.41, 5.74) is 0.834. The zero-order chi connectivity index (χ0) is 20.0. The Bertz CT molecular complexity index is 881. The minimum atomic E-state index is -3.54. The maximum absolute atomic E-state index is 12.4. The minimum absolute atomic E-state index is 0.0205. The maximum Gasteiger partial charge on any atom is 0.240 e. The van der Waals surface area contributed by atoms with Gasteiger partial charge in [0, 0.05) is 23.7 Å². The van der Waals surface area contributed by atoms with Crippen LogP contribution in [-0.4, -0.2) is 25.9 Å². The van der Waals surface area contributed by atoms with Crippen LogP contribution in [0, 0.1) is 11.8 Å². The van der Waals surface area contributed by atoms with Gasteiger partial charge in [0.1, 0.15) is 0 Å². The standard InChI is InChI=1S/C20H24ClN3O3S/c21-17-8-10-19(11-9-17)28(26,27)24-13-15-4-6-16(7-5-15)20(25)23-14-18-3-1-2-12-22-18/h1-3,8-12,15-16,24H,4-7,13-14H2,(H,23,25). The van der Waals surface area contributed by atoms with Crippen LogP contribution < -0.4 is 10.0 Å². The molecule has 6 nitrogen and oxygen atoms in total. The number of carbonyl (C=O) groups is 1. The molecule has 1 aliphatic rings. The summed E-state index contributed by atoms with van der Waals surface area (Å²) < 4.78 is 27.4. The summed E-state index contributed by atoms with van der Waals surface area (Å²) in [5.74, 6) is 0.264. The molecule has 1 fully saturated rings. The Hall–Kier alpha value is -1.96. The molecule has 0 aliphatic heterocycles. The van der Waals surface area contributed by atoms with Crippen molar-refractivity contribution in [3.8, 4) is 0 Å². The maximum atomic E-state index is 12.4. The molecule has 2 N–H and O–H groups in total. The summed E-state index contributed by atoms with van der Waals surface area (Å²) in [5, 5.41) is 3.44. The van der Waals surface area contributed by atoms with Crippen molar-refractivity contribution in [2.45, 2.75) is 37.1 Å². The molecule has 2 aromatic rings. The Labute approximate surface area is 170 Å². The number of halogens is 1. The molecule has 150 valence electrons. The van der Waals surface area contributed by atoms with E-state index in [9.17, 15) is 13.2 Å². The fourth-order valence-electron chi connectivity index (χ4n) is 3.38. The lowest BCUT2D eigenvalue weighted by atomic mass is 9.81. The highest BCUT2D eigenvalue weighted by atomic mass is 35.5. The van der Waals surface area contributed by atoms with E-state index >= 15 is 0 Å². The molecule has 28 heavy (non-hydrogen) atoms. The molecule has 1 saturated carbocycles. The minimum Gasteiger partial charge on any atom is -0.350 e. The van der Waals surface area contributed by atoms with Gasteiger partial charge in [-0.2, -0.15) is 0 Å². The molecule has 3 rings (SSSR count). The molecular weight excluding hydrogens is 398 g/mol. The summed E-state index contributed by atoms with van der Waals surface area (Å²) in [6.07, 6.45) is 4.89. The first-order valence-corrected chi connectivity index (χ1v) is 11.2. The smallest absolute Gasteiger partial charge is 0.240 e. The fraction of sp³-hybridized carbons (Fsp3) is 0.400. The topological polar surface area (TPSA) is 88.2 Å². The van der Waals surface area contributed by atoms with Crippen molar-refractivity contribution >= 4 is 27.5 Å². The number of amides is 1. The van der Waals surface area contributed by atoms with Crippen molar-refractivity contribution in [1.29, 1.82) is 0 Å². The largest absolute Gasteiger partial charge is 0.350 e. The van der Waals surface area contributed by atoms with Crippen LogP contribution in [-0.2, 0) is 21.4 Å². The van der Waals surface area contributed by atoms with E-state index in [1.807, 2.05) is 18.2 Å². The van der Waals surface area contributed by atoms with Crippen molar-refractivity contribution in [2.24, 2.45) is 11.8 Å². The zero-order valence-electron chi connectivity index (χ0n) is 15.5. The van der Waals surface area contributed by atoms with Gasteiger partial charge in [-0.3, -0.25) is 9.78 Å². The van der Waals surface area contributed by atoms with E-state index in [4.69, 9.17) is 11.6 Å². The molecule has 1 amide bonds. The number of aromatic nitrogens is 1. The highest BCUT2D eigenvalue weighted by molar-refractivity contribution is 7.89. The van der Waals surface area contributed by atoms with Crippen molar-refractivity contribution in [3.63, 3.8) is 0 Å². The average Bonchev–Trinajstić information content (AvgIpc) is 2.72. The summed E-state index contributed by atoms with van der Waals surface area (Å²) in [6, 6.07) is 11.7. The van der Waals surface area contributed by atoms with Gasteiger partial charge in [-0.25, -0.2) is 13.1 Å². The van der Waals surface area contributed by atoms with Crippen LogP contribution in [0.3, 0.4) is 0 Å². The van der Waals surface area contributed by atoms with E-state index in [2.05, 4.69) is 15.0 Å². The first kappa shape index (κ1) is 20.8. The molecule has 0 saturated heterocycles. The number of nitrogens with zero attached hydrogens (tertiary/aromatic N) is 1. The molecule has 1 aliphatic carbocycles. The third kappa shape index (κ3) is 5.77. The van der Waals surface area contributed by atoms with Gasteiger partial charge in [-0.15, -0.1) is 0 Å². The van der Waals surface area contributed by atoms with Crippen LogP contribution in [0.15, 0.2) is 53.6 Å². The van der Waals surface area contributed by atoms with Crippen LogP contribution in [0.4, 0.5) is 0 Å². The average molecular weight is 422 g/mol. The van der Waals surface area contributed by atoms with E-state index in [1.54, 1.807) is 18.3 Å². The molecule has 0 spiro atoms. The zero-order valence-corrected chi connectivity index (χ0v) is 17.0. The van der Waals surface area contributed by atoms with Gasteiger partial charge in [-0.05, 0) is 68.0 Å². The number of nitrogens with one attached hydrogen (secondary N) is 2. The van der Waals surface area contributed by atoms with E-state index < -0.39 is 10.0 Å². The number of benzene rings is 1. The molecular formula is C20H24ClN3O3S. The molecule has 0 radical (unpaired) electrons.